The third kappa shape index (κ3) is 7.84. The second-order valence-electron chi connectivity index (χ2n) is 3.82. The van der Waals surface area contributed by atoms with E-state index >= 15 is 0 Å². The average Bonchev–Trinajstić information content (AvgIpc) is 2.32. The van der Waals surface area contributed by atoms with Crippen molar-refractivity contribution in [2.45, 2.75) is 37.8 Å². The van der Waals surface area contributed by atoms with Gasteiger partial charge in [0.2, 0.25) is 0 Å². The molecule has 0 saturated carbocycles. The quantitative estimate of drug-likeness (QED) is 0.302. The van der Waals surface area contributed by atoms with Crippen molar-refractivity contribution in [3.63, 3.8) is 0 Å². The van der Waals surface area contributed by atoms with E-state index in [0.29, 0.717) is 0 Å². The van der Waals surface area contributed by atoms with E-state index < -0.39 is 36.0 Å². The second kappa shape index (κ2) is 8.16. The largest absolute Gasteiger partial charge is 0.481 e. The fourth-order valence-electron chi connectivity index (χ4n) is 1.04. The first kappa shape index (κ1) is 17.0. The summed E-state index contributed by atoms with van der Waals surface area (Å²) in [5, 5.41) is 16.8. The van der Waals surface area contributed by atoms with Crippen molar-refractivity contribution in [3.05, 3.63) is 0 Å². The molecular weight excluding hydrogens is 260 g/mol. The van der Waals surface area contributed by atoms with Crippen LogP contribution < -0.4 is 11.5 Å². The van der Waals surface area contributed by atoms with Crippen LogP contribution in [0.5, 0.6) is 0 Å². The first-order chi connectivity index (χ1) is 8.73. The monoisotopic (exact) mass is 276 g/mol. The van der Waals surface area contributed by atoms with Gasteiger partial charge in [-0.25, -0.2) is 9.59 Å². The highest BCUT2D eigenvalue weighted by Gasteiger charge is 2.23. The Hall–Kier alpha value is -2.00. The van der Waals surface area contributed by atoms with Gasteiger partial charge < -0.3 is 26.4 Å². The Kier molecular flexibility index (Phi) is 7.30. The van der Waals surface area contributed by atoms with Crippen molar-refractivity contribution < 1.29 is 34.1 Å². The van der Waals surface area contributed by atoms with Crippen molar-refractivity contribution in [2.75, 3.05) is 0 Å². The maximum Gasteiger partial charge on any atom is 0.330 e. The zero-order valence-electron chi connectivity index (χ0n) is 10.1. The summed E-state index contributed by atoms with van der Waals surface area (Å²) in [6.07, 6.45) is -1.03. The molecule has 108 valence electrons. The Morgan fingerprint density at radius 1 is 0.842 bits per heavy atom. The standard InChI is InChI=1S/C10H16N2O7/c11-5(1-3-7(13)14)9(17)19-10(18)6(12)2-4-8(15)16/h5-6H,1-4,11-12H2,(H,13,14)(H,15,16)/t5-,6-/m0/s1. The van der Waals surface area contributed by atoms with Gasteiger partial charge in [-0.1, -0.05) is 0 Å². The van der Waals surface area contributed by atoms with Crippen LogP contribution in [0, 0.1) is 0 Å². The van der Waals surface area contributed by atoms with E-state index in [1.807, 2.05) is 0 Å². The topological polar surface area (TPSA) is 170 Å². The minimum absolute atomic E-state index is 0.175. The van der Waals surface area contributed by atoms with E-state index in [9.17, 15) is 19.2 Å². The lowest BCUT2D eigenvalue weighted by Gasteiger charge is -2.12. The summed E-state index contributed by atoms with van der Waals surface area (Å²) >= 11 is 0. The Morgan fingerprint density at radius 3 is 1.42 bits per heavy atom. The van der Waals surface area contributed by atoms with Crippen LogP contribution in [0.25, 0.3) is 0 Å². The van der Waals surface area contributed by atoms with E-state index in [0.717, 1.165) is 0 Å². The van der Waals surface area contributed by atoms with Gasteiger partial charge in [0.1, 0.15) is 12.1 Å². The third-order valence-corrected chi connectivity index (χ3v) is 2.15. The molecule has 0 aliphatic carbocycles. The van der Waals surface area contributed by atoms with Gasteiger partial charge in [0, 0.05) is 12.8 Å². The maximum absolute atomic E-state index is 11.3. The normalized spacial score (nSPS) is 13.4. The number of carbonyl (C=O) groups excluding carboxylic acids is 2. The van der Waals surface area contributed by atoms with Gasteiger partial charge in [-0.05, 0) is 12.8 Å². The molecule has 0 amide bonds. The number of aliphatic carboxylic acids is 2. The van der Waals surface area contributed by atoms with Crippen molar-refractivity contribution in [1.82, 2.24) is 0 Å². The summed E-state index contributed by atoms with van der Waals surface area (Å²) in [6.45, 7) is 0. The van der Waals surface area contributed by atoms with Gasteiger partial charge in [0.15, 0.2) is 0 Å². The molecule has 6 N–H and O–H groups in total. The molecule has 0 aliphatic rings. The third-order valence-electron chi connectivity index (χ3n) is 2.15. The van der Waals surface area contributed by atoms with Gasteiger partial charge in [-0.15, -0.1) is 0 Å². The zero-order valence-corrected chi connectivity index (χ0v) is 10.1. The fourth-order valence-corrected chi connectivity index (χ4v) is 1.04. The molecular formula is C10H16N2O7. The number of hydrogen-bond donors (Lipinski definition) is 4. The summed E-state index contributed by atoms with van der Waals surface area (Å²) in [7, 11) is 0. The Morgan fingerprint density at radius 2 is 1.16 bits per heavy atom. The number of carboxylic acid groups (broad SMARTS) is 2. The second-order valence-corrected chi connectivity index (χ2v) is 3.82. The number of ether oxygens (including phenoxy) is 1. The van der Waals surface area contributed by atoms with Crippen LogP contribution in [0.1, 0.15) is 25.7 Å². The molecule has 0 aromatic carbocycles. The zero-order chi connectivity index (χ0) is 15.0. The number of nitrogens with two attached hydrogens (primary N) is 2. The molecule has 0 spiro atoms. The molecule has 9 heteroatoms. The minimum atomic E-state index is -1.24. The average molecular weight is 276 g/mol. The fraction of sp³-hybridized carbons (Fsp3) is 0.600. The molecule has 0 aromatic rings. The summed E-state index contributed by atoms with van der Waals surface area (Å²) < 4.78 is 4.32. The molecule has 0 aromatic heterocycles. The SMILES string of the molecule is N[C@@H](CCC(=O)O)C(=O)OC(=O)[C@@H](N)CCC(=O)O. The Bertz CT molecular complexity index is 335. The summed E-state index contributed by atoms with van der Waals surface area (Å²) in [5.41, 5.74) is 10.6. The predicted octanol–water partition coefficient (Wildman–Crippen LogP) is -1.56. The van der Waals surface area contributed by atoms with Crippen LogP contribution in [0.3, 0.4) is 0 Å². The molecule has 0 heterocycles. The smallest absolute Gasteiger partial charge is 0.330 e. The number of esters is 2. The van der Waals surface area contributed by atoms with Crippen molar-refractivity contribution in [3.8, 4) is 0 Å². The van der Waals surface area contributed by atoms with E-state index in [4.69, 9.17) is 21.7 Å². The molecule has 0 saturated heterocycles. The van der Waals surface area contributed by atoms with E-state index in [1.165, 1.54) is 0 Å². The van der Waals surface area contributed by atoms with Crippen molar-refractivity contribution in [1.29, 1.82) is 0 Å². The minimum Gasteiger partial charge on any atom is -0.481 e. The number of hydrogen-bond acceptors (Lipinski definition) is 7. The molecule has 2 atom stereocenters. The molecule has 0 radical (unpaired) electrons. The first-order valence-corrected chi connectivity index (χ1v) is 5.44. The molecule has 0 bridgehead atoms. The number of rotatable bonds is 8. The lowest BCUT2D eigenvalue weighted by atomic mass is 10.1. The number of carbonyl (C=O) groups is 4. The molecule has 9 nitrogen and oxygen atoms in total. The predicted molar refractivity (Wildman–Crippen MR) is 60.8 cm³/mol. The van der Waals surface area contributed by atoms with E-state index in [1.54, 1.807) is 0 Å². The van der Waals surface area contributed by atoms with Gasteiger partial charge in [-0.3, -0.25) is 9.59 Å². The molecule has 0 aliphatic heterocycles. The Labute approximate surface area is 108 Å². The van der Waals surface area contributed by atoms with E-state index in [-0.39, 0.29) is 25.7 Å². The van der Waals surface area contributed by atoms with Crippen LogP contribution in [-0.2, 0) is 23.9 Å². The Balaban J connectivity index is 4.12. The van der Waals surface area contributed by atoms with E-state index in [2.05, 4.69) is 4.74 Å². The molecule has 0 fully saturated rings. The van der Waals surface area contributed by atoms with Gasteiger partial charge >= 0.3 is 23.9 Å². The summed E-state index contributed by atoms with van der Waals surface area (Å²) in [5.74, 6) is -4.44. The highest BCUT2D eigenvalue weighted by atomic mass is 16.6. The van der Waals surface area contributed by atoms with Crippen LogP contribution in [0.2, 0.25) is 0 Å². The van der Waals surface area contributed by atoms with Crippen molar-refractivity contribution in [2.24, 2.45) is 11.5 Å². The summed E-state index contributed by atoms with van der Waals surface area (Å²) in [6, 6.07) is -2.49. The van der Waals surface area contributed by atoms with Gasteiger partial charge in [-0.2, -0.15) is 0 Å². The van der Waals surface area contributed by atoms with Crippen LogP contribution in [-0.4, -0.2) is 46.2 Å². The lowest BCUT2D eigenvalue weighted by molar-refractivity contribution is -0.161. The van der Waals surface area contributed by atoms with Crippen LogP contribution >= 0.6 is 0 Å². The van der Waals surface area contributed by atoms with Crippen LogP contribution in [0.15, 0.2) is 0 Å². The maximum atomic E-state index is 11.3. The van der Waals surface area contributed by atoms with Gasteiger partial charge in [0.05, 0.1) is 0 Å². The van der Waals surface area contributed by atoms with Crippen LogP contribution in [0.4, 0.5) is 0 Å². The highest BCUT2D eigenvalue weighted by Crippen LogP contribution is 2.01. The molecule has 19 heavy (non-hydrogen) atoms. The molecule has 0 unspecified atom stereocenters. The summed E-state index contributed by atoms with van der Waals surface area (Å²) in [4.78, 5) is 43.1. The number of carboxylic acids is 2. The highest BCUT2D eigenvalue weighted by molar-refractivity contribution is 5.91. The lowest BCUT2D eigenvalue weighted by Crippen LogP contribution is -2.40. The van der Waals surface area contributed by atoms with Gasteiger partial charge in [0.25, 0.3) is 0 Å². The van der Waals surface area contributed by atoms with Crippen molar-refractivity contribution >= 4 is 23.9 Å². The molecule has 0 rings (SSSR count). The first-order valence-electron chi connectivity index (χ1n) is 5.44.